The normalized spacial score (nSPS) is 12.1. The van der Waals surface area contributed by atoms with Gasteiger partial charge in [-0.2, -0.15) is 0 Å². The summed E-state index contributed by atoms with van der Waals surface area (Å²) in [7, 11) is 1.71. The smallest absolute Gasteiger partial charge is 0.259 e. The second kappa shape index (κ2) is 4.48. The molecule has 0 fully saturated rings. The van der Waals surface area contributed by atoms with Gasteiger partial charge in [0.1, 0.15) is 0 Å². The number of aliphatic hydroxyl groups is 1. The molecular weight excluding hydrogens is 296 g/mol. The van der Waals surface area contributed by atoms with E-state index in [1.807, 2.05) is 19.9 Å². The molecule has 96 valence electrons. The standard InChI is InChI=1S/C13H15BrN2O2/c1-13(2,7-17)11-4-8-9(5-15-11)12(18)16(3)6-10(8)14/h4-6,17H,7H2,1-3H3. The highest BCUT2D eigenvalue weighted by atomic mass is 79.9. The predicted molar refractivity (Wildman–Crippen MR) is 74.8 cm³/mol. The van der Waals surface area contributed by atoms with Gasteiger partial charge in [-0.15, -0.1) is 0 Å². The SMILES string of the molecule is Cn1cc(Br)c2cc(C(C)(C)CO)ncc2c1=O. The molecule has 0 bridgehead atoms. The monoisotopic (exact) mass is 310 g/mol. The first-order valence-electron chi connectivity index (χ1n) is 5.63. The first-order chi connectivity index (χ1) is 8.36. The number of aromatic nitrogens is 2. The molecule has 0 amide bonds. The minimum Gasteiger partial charge on any atom is -0.395 e. The molecule has 2 aromatic rings. The lowest BCUT2D eigenvalue weighted by atomic mass is 9.89. The Kier molecular flexibility index (Phi) is 3.29. The van der Waals surface area contributed by atoms with Crippen molar-refractivity contribution in [2.45, 2.75) is 19.3 Å². The lowest BCUT2D eigenvalue weighted by molar-refractivity contribution is 0.215. The van der Waals surface area contributed by atoms with Gasteiger partial charge in [0.05, 0.1) is 12.0 Å². The molecule has 0 aliphatic heterocycles. The molecule has 0 aromatic carbocycles. The summed E-state index contributed by atoms with van der Waals surface area (Å²) < 4.78 is 2.36. The van der Waals surface area contributed by atoms with Crippen LogP contribution in [0.25, 0.3) is 10.8 Å². The molecule has 1 N–H and O–H groups in total. The number of aliphatic hydroxyl groups excluding tert-OH is 1. The lowest BCUT2D eigenvalue weighted by Crippen LogP contribution is -2.24. The predicted octanol–water partition coefficient (Wildman–Crippen LogP) is 1.97. The number of pyridine rings is 2. The van der Waals surface area contributed by atoms with Gasteiger partial charge in [-0.05, 0) is 22.0 Å². The quantitative estimate of drug-likeness (QED) is 0.922. The first-order valence-corrected chi connectivity index (χ1v) is 6.42. The number of rotatable bonds is 2. The van der Waals surface area contributed by atoms with Gasteiger partial charge in [-0.3, -0.25) is 9.78 Å². The molecule has 0 aliphatic carbocycles. The molecule has 0 unspecified atom stereocenters. The fraction of sp³-hybridized carbons (Fsp3) is 0.385. The fourth-order valence-corrected chi connectivity index (χ4v) is 2.40. The Balaban J connectivity index is 2.78. The molecule has 0 aliphatic rings. The Morgan fingerprint density at radius 2 is 2.11 bits per heavy atom. The van der Waals surface area contributed by atoms with Crippen LogP contribution in [-0.4, -0.2) is 21.3 Å². The Labute approximate surface area is 113 Å². The van der Waals surface area contributed by atoms with Gasteiger partial charge in [-0.25, -0.2) is 0 Å². The third-order valence-corrected chi connectivity index (χ3v) is 3.74. The van der Waals surface area contributed by atoms with E-state index in [1.54, 1.807) is 19.4 Å². The number of aryl methyl sites for hydroxylation is 1. The zero-order chi connectivity index (χ0) is 13.5. The summed E-state index contributed by atoms with van der Waals surface area (Å²) >= 11 is 3.45. The van der Waals surface area contributed by atoms with Crippen LogP contribution < -0.4 is 5.56 Å². The van der Waals surface area contributed by atoms with Crippen LogP contribution in [0.15, 0.2) is 27.7 Å². The maximum atomic E-state index is 12.0. The molecular formula is C13H15BrN2O2. The van der Waals surface area contributed by atoms with E-state index in [-0.39, 0.29) is 12.2 Å². The van der Waals surface area contributed by atoms with E-state index in [0.717, 1.165) is 15.6 Å². The summed E-state index contributed by atoms with van der Waals surface area (Å²) in [6.07, 6.45) is 3.32. The van der Waals surface area contributed by atoms with Crippen molar-refractivity contribution in [2.24, 2.45) is 7.05 Å². The van der Waals surface area contributed by atoms with Crippen LogP contribution in [-0.2, 0) is 12.5 Å². The molecule has 0 spiro atoms. The second-order valence-corrected chi connectivity index (χ2v) is 5.90. The summed E-state index contributed by atoms with van der Waals surface area (Å²) in [4.78, 5) is 16.3. The van der Waals surface area contributed by atoms with Crippen LogP contribution >= 0.6 is 15.9 Å². The van der Waals surface area contributed by atoms with E-state index in [4.69, 9.17) is 0 Å². The van der Waals surface area contributed by atoms with Gasteiger partial charge in [-0.1, -0.05) is 13.8 Å². The molecule has 2 rings (SSSR count). The van der Waals surface area contributed by atoms with Crippen LogP contribution in [0.4, 0.5) is 0 Å². The topological polar surface area (TPSA) is 55.1 Å². The van der Waals surface area contributed by atoms with Gasteiger partial charge < -0.3 is 9.67 Å². The summed E-state index contributed by atoms with van der Waals surface area (Å²) in [5, 5.41) is 10.8. The Hall–Kier alpha value is -1.20. The maximum Gasteiger partial charge on any atom is 0.259 e. The molecule has 5 heteroatoms. The number of hydrogen-bond donors (Lipinski definition) is 1. The van der Waals surface area contributed by atoms with Crippen LogP contribution in [0.3, 0.4) is 0 Å². The molecule has 0 atom stereocenters. The molecule has 0 radical (unpaired) electrons. The van der Waals surface area contributed by atoms with Gasteiger partial charge in [0, 0.05) is 40.4 Å². The van der Waals surface area contributed by atoms with Gasteiger partial charge in [0.15, 0.2) is 0 Å². The van der Waals surface area contributed by atoms with Crippen molar-refractivity contribution in [3.8, 4) is 0 Å². The maximum absolute atomic E-state index is 12.0. The van der Waals surface area contributed by atoms with Crippen LogP contribution in [0.5, 0.6) is 0 Å². The van der Waals surface area contributed by atoms with E-state index < -0.39 is 5.41 Å². The van der Waals surface area contributed by atoms with Crippen molar-refractivity contribution in [3.63, 3.8) is 0 Å². The van der Waals surface area contributed by atoms with Gasteiger partial charge in [0.2, 0.25) is 0 Å². The van der Waals surface area contributed by atoms with Crippen molar-refractivity contribution in [1.29, 1.82) is 0 Å². The number of halogens is 1. The summed E-state index contributed by atoms with van der Waals surface area (Å²) in [5.74, 6) is 0. The third kappa shape index (κ3) is 2.08. The second-order valence-electron chi connectivity index (χ2n) is 5.05. The average Bonchev–Trinajstić information content (AvgIpc) is 2.35. The molecule has 2 aromatic heterocycles. The first kappa shape index (κ1) is 13.2. The van der Waals surface area contributed by atoms with E-state index >= 15 is 0 Å². The van der Waals surface area contributed by atoms with E-state index in [1.165, 1.54) is 4.57 Å². The average molecular weight is 311 g/mol. The van der Waals surface area contributed by atoms with E-state index in [0.29, 0.717) is 5.39 Å². The molecule has 0 saturated carbocycles. The van der Waals surface area contributed by atoms with Gasteiger partial charge in [0.25, 0.3) is 5.56 Å². The summed E-state index contributed by atoms with van der Waals surface area (Å²) in [6.45, 7) is 3.83. The van der Waals surface area contributed by atoms with Crippen molar-refractivity contribution >= 4 is 26.7 Å². The minimum atomic E-state index is -0.422. The van der Waals surface area contributed by atoms with Gasteiger partial charge >= 0.3 is 0 Å². The zero-order valence-corrected chi connectivity index (χ0v) is 12.2. The van der Waals surface area contributed by atoms with Crippen LogP contribution in [0, 0.1) is 0 Å². The molecule has 2 heterocycles. The third-order valence-electron chi connectivity index (χ3n) is 3.11. The van der Waals surface area contributed by atoms with Crippen molar-refractivity contribution < 1.29 is 5.11 Å². The Morgan fingerprint density at radius 1 is 1.44 bits per heavy atom. The molecule has 4 nitrogen and oxygen atoms in total. The van der Waals surface area contributed by atoms with Crippen molar-refractivity contribution in [1.82, 2.24) is 9.55 Å². The number of fused-ring (bicyclic) bond motifs is 1. The van der Waals surface area contributed by atoms with Crippen LogP contribution in [0.2, 0.25) is 0 Å². The lowest BCUT2D eigenvalue weighted by Gasteiger charge is -2.21. The Bertz CT molecular complexity index is 662. The Morgan fingerprint density at radius 3 is 2.72 bits per heavy atom. The van der Waals surface area contributed by atoms with Crippen molar-refractivity contribution in [2.75, 3.05) is 6.61 Å². The summed E-state index contributed by atoms with van der Waals surface area (Å²) in [5.41, 5.74) is 0.273. The minimum absolute atomic E-state index is 0.00791. The highest BCUT2D eigenvalue weighted by Crippen LogP contribution is 2.26. The number of hydrogen-bond acceptors (Lipinski definition) is 3. The zero-order valence-electron chi connectivity index (χ0n) is 10.6. The molecule has 18 heavy (non-hydrogen) atoms. The van der Waals surface area contributed by atoms with E-state index in [9.17, 15) is 9.90 Å². The highest BCUT2D eigenvalue weighted by Gasteiger charge is 2.22. The largest absolute Gasteiger partial charge is 0.395 e. The van der Waals surface area contributed by atoms with Crippen LogP contribution in [0.1, 0.15) is 19.5 Å². The van der Waals surface area contributed by atoms with E-state index in [2.05, 4.69) is 20.9 Å². The summed E-state index contributed by atoms with van der Waals surface area (Å²) in [6, 6.07) is 1.86. The van der Waals surface area contributed by atoms with Crippen molar-refractivity contribution in [3.05, 3.63) is 39.0 Å². The molecule has 0 saturated heterocycles. The fourth-order valence-electron chi connectivity index (χ4n) is 1.76. The number of nitrogens with zero attached hydrogens (tertiary/aromatic N) is 2. The highest BCUT2D eigenvalue weighted by molar-refractivity contribution is 9.10.